The predicted molar refractivity (Wildman–Crippen MR) is 82.1 cm³/mol. The van der Waals surface area contributed by atoms with Crippen molar-refractivity contribution in [3.05, 3.63) is 48.8 Å². The summed E-state index contributed by atoms with van der Waals surface area (Å²) >= 11 is 1.37. The van der Waals surface area contributed by atoms with E-state index in [1.165, 1.54) is 11.8 Å². The molecule has 0 aliphatic carbocycles. The summed E-state index contributed by atoms with van der Waals surface area (Å²) in [7, 11) is 0. The van der Waals surface area contributed by atoms with Crippen molar-refractivity contribution in [2.24, 2.45) is 0 Å². The fourth-order valence-electron chi connectivity index (χ4n) is 2.14. The maximum absolute atomic E-state index is 5.90. The minimum absolute atomic E-state index is 0.520. The van der Waals surface area contributed by atoms with E-state index in [2.05, 4.69) is 15.0 Å². The van der Waals surface area contributed by atoms with Crippen molar-refractivity contribution in [1.82, 2.24) is 15.0 Å². The van der Waals surface area contributed by atoms with Crippen LogP contribution in [0, 0.1) is 0 Å². The van der Waals surface area contributed by atoms with Crippen molar-refractivity contribution < 1.29 is 4.42 Å². The zero-order valence-electron chi connectivity index (χ0n) is 10.9. The SMILES string of the molecule is Nc1cccc2oc(Sc3ncnc4ccccc34)nc12. The molecule has 2 N–H and O–H groups in total. The lowest BCUT2D eigenvalue weighted by atomic mass is 10.2. The van der Waals surface area contributed by atoms with Crippen LogP contribution >= 0.6 is 11.8 Å². The van der Waals surface area contributed by atoms with E-state index in [4.69, 9.17) is 10.2 Å². The van der Waals surface area contributed by atoms with Gasteiger partial charge in [0.05, 0.1) is 11.2 Å². The number of hydrogen-bond acceptors (Lipinski definition) is 6. The standard InChI is InChI=1S/C15H10N4OS/c16-10-5-3-7-12-13(10)19-15(20-12)21-14-9-4-1-2-6-11(9)17-8-18-14/h1-8H,16H2. The van der Waals surface area contributed by atoms with Crippen LogP contribution in [0.25, 0.3) is 22.0 Å². The van der Waals surface area contributed by atoms with Gasteiger partial charge in [-0.3, -0.25) is 0 Å². The summed E-state index contributed by atoms with van der Waals surface area (Å²) in [5.41, 5.74) is 8.75. The second kappa shape index (κ2) is 4.75. The molecule has 21 heavy (non-hydrogen) atoms. The Labute approximate surface area is 124 Å². The van der Waals surface area contributed by atoms with Gasteiger partial charge in [-0.25, -0.2) is 15.0 Å². The molecule has 0 saturated carbocycles. The zero-order valence-corrected chi connectivity index (χ0v) is 11.7. The molecule has 0 unspecified atom stereocenters. The second-order valence-electron chi connectivity index (χ2n) is 4.47. The summed E-state index contributed by atoms with van der Waals surface area (Å²) in [4.78, 5) is 13.0. The number of benzene rings is 2. The summed E-state index contributed by atoms with van der Waals surface area (Å²) in [6.45, 7) is 0. The Morgan fingerprint density at radius 3 is 2.81 bits per heavy atom. The van der Waals surface area contributed by atoms with Gasteiger partial charge in [-0.1, -0.05) is 24.3 Å². The molecule has 0 saturated heterocycles. The van der Waals surface area contributed by atoms with Crippen LogP contribution < -0.4 is 5.73 Å². The van der Waals surface area contributed by atoms with Gasteiger partial charge in [0, 0.05) is 5.39 Å². The normalized spacial score (nSPS) is 11.2. The Kier molecular flexibility index (Phi) is 2.75. The van der Waals surface area contributed by atoms with Gasteiger partial charge in [0.15, 0.2) is 5.58 Å². The largest absolute Gasteiger partial charge is 0.431 e. The smallest absolute Gasteiger partial charge is 0.263 e. The molecule has 0 bridgehead atoms. The monoisotopic (exact) mass is 294 g/mol. The van der Waals surface area contributed by atoms with Crippen LogP contribution in [0.5, 0.6) is 0 Å². The van der Waals surface area contributed by atoms with Crippen molar-refractivity contribution in [2.45, 2.75) is 10.2 Å². The summed E-state index contributed by atoms with van der Waals surface area (Å²) in [6.07, 6.45) is 1.54. The highest BCUT2D eigenvalue weighted by Gasteiger charge is 2.12. The minimum atomic E-state index is 0.520. The van der Waals surface area contributed by atoms with Crippen LogP contribution in [0.3, 0.4) is 0 Å². The average Bonchev–Trinajstić information content (AvgIpc) is 2.92. The first-order valence-corrected chi connectivity index (χ1v) is 7.15. The van der Waals surface area contributed by atoms with Crippen molar-refractivity contribution >= 4 is 39.5 Å². The summed E-state index contributed by atoms with van der Waals surface area (Å²) in [5, 5.41) is 2.30. The molecule has 102 valence electrons. The third kappa shape index (κ3) is 2.09. The maximum atomic E-state index is 5.90. The number of nitrogen functional groups attached to an aromatic ring is 1. The summed E-state index contributed by atoms with van der Waals surface area (Å²) < 4.78 is 5.71. The lowest BCUT2D eigenvalue weighted by molar-refractivity contribution is 0.489. The number of aromatic nitrogens is 3. The topological polar surface area (TPSA) is 77.8 Å². The highest BCUT2D eigenvalue weighted by Crippen LogP contribution is 2.33. The Balaban J connectivity index is 1.81. The van der Waals surface area contributed by atoms with Gasteiger partial charge in [-0.05, 0) is 30.0 Å². The zero-order chi connectivity index (χ0) is 14.2. The number of hydrogen-bond donors (Lipinski definition) is 1. The number of rotatable bonds is 2. The number of nitrogens with two attached hydrogens (primary N) is 1. The van der Waals surface area contributed by atoms with Crippen molar-refractivity contribution in [3.8, 4) is 0 Å². The van der Waals surface area contributed by atoms with Gasteiger partial charge in [0.1, 0.15) is 16.9 Å². The Hall–Kier alpha value is -2.60. The van der Waals surface area contributed by atoms with E-state index < -0.39 is 0 Å². The molecular weight excluding hydrogens is 284 g/mol. The van der Waals surface area contributed by atoms with E-state index >= 15 is 0 Å². The molecule has 0 amide bonds. The number of para-hydroxylation sites is 2. The molecule has 2 aromatic carbocycles. The molecule has 0 fully saturated rings. The van der Waals surface area contributed by atoms with Crippen LogP contribution in [0.1, 0.15) is 0 Å². The van der Waals surface area contributed by atoms with Gasteiger partial charge in [-0.15, -0.1) is 0 Å². The van der Waals surface area contributed by atoms with Gasteiger partial charge >= 0.3 is 0 Å². The molecule has 0 spiro atoms. The molecule has 0 radical (unpaired) electrons. The fourth-order valence-corrected chi connectivity index (χ4v) is 2.95. The lowest BCUT2D eigenvalue weighted by Gasteiger charge is -2.00. The van der Waals surface area contributed by atoms with Crippen LogP contribution in [0.15, 0.2) is 63.5 Å². The van der Waals surface area contributed by atoms with Crippen LogP contribution in [-0.2, 0) is 0 Å². The molecular formula is C15H10N4OS. The van der Waals surface area contributed by atoms with Crippen LogP contribution in [-0.4, -0.2) is 15.0 Å². The molecule has 6 heteroatoms. The Bertz CT molecular complexity index is 945. The first kappa shape index (κ1) is 12.2. The molecule has 0 aliphatic heterocycles. The Morgan fingerprint density at radius 1 is 1.00 bits per heavy atom. The van der Waals surface area contributed by atoms with E-state index in [9.17, 15) is 0 Å². The van der Waals surface area contributed by atoms with Crippen molar-refractivity contribution in [3.63, 3.8) is 0 Å². The molecule has 4 aromatic rings. The van der Waals surface area contributed by atoms with E-state index in [1.54, 1.807) is 12.4 Å². The lowest BCUT2D eigenvalue weighted by Crippen LogP contribution is -1.87. The minimum Gasteiger partial charge on any atom is -0.431 e. The number of nitrogens with zero attached hydrogens (tertiary/aromatic N) is 3. The van der Waals surface area contributed by atoms with Crippen LogP contribution in [0.2, 0.25) is 0 Å². The number of oxazole rings is 1. The van der Waals surface area contributed by atoms with Gasteiger partial charge in [-0.2, -0.15) is 0 Å². The van der Waals surface area contributed by atoms with E-state index in [0.717, 1.165) is 15.9 Å². The van der Waals surface area contributed by atoms with Crippen molar-refractivity contribution in [1.29, 1.82) is 0 Å². The van der Waals surface area contributed by atoms with Gasteiger partial charge in [0.25, 0.3) is 5.22 Å². The quantitative estimate of drug-likeness (QED) is 0.450. The molecule has 0 atom stereocenters. The van der Waals surface area contributed by atoms with Gasteiger partial charge < -0.3 is 10.2 Å². The van der Waals surface area contributed by atoms with E-state index in [0.29, 0.717) is 22.0 Å². The third-order valence-corrected chi connectivity index (χ3v) is 3.99. The second-order valence-corrected chi connectivity index (χ2v) is 5.41. The van der Waals surface area contributed by atoms with Crippen molar-refractivity contribution in [2.75, 3.05) is 5.73 Å². The van der Waals surface area contributed by atoms with E-state index in [1.807, 2.05) is 36.4 Å². The molecule has 2 heterocycles. The first-order chi connectivity index (χ1) is 10.3. The average molecular weight is 294 g/mol. The fraction of sp³-hybridized carbons (Fsp3) is 0. The first-order valence-electron chi connectivity index (χ1n) is 6.34. The summed E-state index contributed by atoms with van der Waals surface area (Å²) in [6, 6.07) is 13.3. The van der Waals surface area contributed by atoms with Crippen LogP contribution in [0.4, 0.5) is 5.69 Å². The van der Waals surface area contributed by atoms with Gasteiger partial charge in [0.2, 0.25) is 0 Å². The predicted octanol–water partition coefficient (Wildman–Crippen LogP) is 3.50. The Morgan fingerprint density at radius 2 is 1.90 bits per heavy atom. The highest BCUT2D eigenvalue weighted by atomic mass is 32.2. The molecule has 4 rings (SSSR count). The summed E-state index contributed by atoms with van der Waals surface area (Å²) in [5.74, 6) is 0. The number of fused-ring (bicyclic) bond motifs is 2. The molecule has 0 aliphatic rings. The molecule has 2 aromatic heterocycles. The third-order valence-electron chi connectivity index (χ3n) is 3.12. The number of anilines is 1. The molecule has 5 nitrogen and oxygen atoms in total. The maximum Gasteiger partial charge on any atom is 0.263 e. The highest BCUT2D eigenvalue weighted by molar-refractivity contribution is 7.99. The van der Waals surface area contributed by atoms with E-state index in [-0.39, 0.29) is 0 Å².